The van der Waals surface area contributed by atoms with E-state index < -0.39 is 0 Å². The van der Waals surface area contributed by atoms with Gasteiger partial charge in [0.15, 0.2) is 0 Å². The Morgan fingerprint density at radius 3 is 2.52 bits per heavy atom. The summed E-state index contributed by atoms with van der Waals surface area (Å²) in [5.74, 6) is 1.00. The molecule has 1 N–H and O–H groups in total. The Bertz CT molecular complexity index is 924. The van der Waals surface area contributed by atoms with Gasteiger partial charge in [0.2, 0.25) is 0 Å². The zero-order chi connectivity index (χ0) is 18.6. The lowest BCUT2D eigenvalue weighted by molar-refractivity contribution is 0.400. The van der Waals surface area contributed by atoms with Crippen molar-refractivity contribution in [1.29, 1.82) is 0 Å². The molecule has 0 amide bonds. The Hall–Kier alpha value is -2.33. The second kappa shape index (κ2) is 8.13. The van der Waals surface area contributed by atoms with E-state index in [9.17, 15) is 9.90 Å². The lowest BCUT2D eigenvalue weighted by Crippen LogP contribution is -2.16. The molecule has 0 aliphatic heterocycles. The van der Waals surface area contributed by atoms with E-state index in [0.29, 0.717) is 23.7 Å². The normalized spacial score (nSPS) is 15.0. The first-order chi connectivity index (χ1) is 13.2. The van der Waals surface area contributed by atoms with E-state index in [0.717, 1.165) is 37.7 Å². The first kappa shape index (κ1) is 18.1. The van der Waals surface area contributed by atoms with Crippen LogP contribution >= 0.6 is 11.3 Å². The molecule has 0 saturated heterocycles. The van der Waals surface area contributed by atoms with Crippen molar-refractivity contribution in [1.82, 2.24) is 0 Å². The highest BCUT2D eigenvalue weighted by Crippen LogP contribution is 2.47. The molecule has 0 radical (unpaired) electrons. The van der Waals surface area contributed by atoms with Gasteiger partial charge in [0.25, 0.3) is 0 Å². The number of hydrogen-bond donors (Lipinski definition) is 1. The van der Waals surface area contributed by atoms with E-state index in [1.165, 1.54) is 4.88 Å². The third-order valence-corrected chi connectivity index (χ3v) is 6.19. The standard InChI is InChI=1S/C23H24O3S/c24-20-15-18(9-4-5-10-19-11-6-14-27-19)26-23(25)22(20)21(17-12-13-17)16-7-2-1-3-8-16/h1-3,6-8,11,14-15,17,21,24H,4-5,9-10,12-13H2. The second-order valence-electron chi connectivity index (χ2n) is 7.31. The van der Waals surface area contributed by atoms with E-state index in [2.05, 4.69) is 17.5 Å². The van der Waals surface area contributed by atoms with Crippen molar-refractivity contribution in [2.24, 2.45) is 5.92 Å². The quantitative estimate of drug-likeness (QED) is 0.524. The highest BCUT2D eigenvalue weighted by Gasteiger charge is 2.37. The Labute approximate surface area is 163 Å². The summed E-state index contributed by atoms with van der Waals surface area (Å²) in [4.78, 5) is 14.1. The fourth-order valence-corrected chi connectivity index (χ4v) is 4.52. The summed E-state index contributed by atoms with van der Waals surface area (Å²) in [6.45, 7) is 0. The van der Waals surface area contributed by atoms with Gasteiger partial charge < -0.3 is 9.52 Å². The number of thiophene rings is 1. The van der Waals surface area contributed by atoms with E-state index in [4.69, 9.17) is 4.42 Å². The molecule has 0 bridgehead atoms. The maximum atomic E-state index is 12.7. The first-order valence-electron chi connectivity index (χ1n) is 9.65. The second-order valence-corrected chi connectivity index (χ2v) is 8.34. The van der Waals surface area contributed by atoms with Crippen molar-refractivity contribution in [3.05, 3.63) is 86.1 Å². The summed E-state index contributed by atoms with van der Waals surface area (Å²) >= 11 is 1.77. The molecule has 1 atom stereocenters. The average molecular weight is 381 g/mol. The molecular weight excluding hydrogens is 356 g/mol. The molecule has 2 heterocycles. The van der Waals surface area contributed by atoms with E-state index in [-0.39, 0.29) is 17.3 Å². The van der Waals surface area contributed by atoms with Crippen LogP contribution in [0.3, 0.4) is 0 Å². The van der Waals surface area contributed by atoms with Gasteiger partial charge in [-0.15, -0.1) is 11.3 Å². The van der Waals surface area contributed by atoms with Crippen LogP contribution < -0.4 is 5.63 Å². The molecule has 2 aromatic heterocycles. The molecule has 140 valence electrons. The summed E-state index contributed by atoms with van der Waals surface area (Å²) in [6.07, 6.45) is 5.87. The molecular formula is C23H24O3S. The summed E-state index contributed by atoms with van der Waals surface area (Å²) < 4.78 is 5.59. The van der Waals surface area contributed by atoms with Gasteiger partial charge in [-0.1, -0.05) is 36.4 Å². The fourth-order valence-electron chi connectivity index (χ4n) is 3.77. The van der Waals surface area contributed by atoms with Gasteiger partial charge in [0.1, 0.15) is 11.5 Å². The predicted octanol–water partition coefficient (Wildman–Crippen LogP) is 5.51. The van der Waals surface area contributed by atoms with E-state index >= 15 is 0 Å². The van der Waals surface area contributed by atoms with E-state index in [1.807, 2.05) is 30.3 Å². The number of hydrogen-bond acceptors (Lipinski definition) is 4. The van der Waals surface area contributed by atoms with Gasteiger partial charge in [-0.05, 0) is 55.0 Å². The van der Waals surface area contributed by atoms with Crippen LogP contribution in [0.2, 0.25) is 0 Å². The minimum Gasteiger partial charge on any atom is -0.507 e. The summed E-state index contributed by atoms with van der Waals surface area (Å²) in [5.41, 5.74) is 1.11. The number of unbranched alkanes of at least 4 members (excludes halogenated alkanes) is 1. The van der Waals surface area contributed by atoms with Crippen molar-refractivity contribution < 1.29 is 9.52 Å². The lowest BCUT2D eigenvalue weighted by Gasteiger charge is -2.17. The molecule has 4 heteroatoms. The molecule has 27 heavy (non-hydrogen) atoms. The molecule has 3 aromatic rings. The molecule has 1 saturated carbocycles. The zero-order valence-corrected chi connectivity index (χ0v) is 16.1. The van der Waals surface area contributed by atoms with Gasteiger partial charge >= 0.3 is 5.63 Å². The fraction of sp³-hybridized carbons (Fsp3) is 0.348. The number of aryl methyl sites for hydroxylation is 2. The molecule has 1 fully saturated rings. The first-order valence-corrected chi connectivity index (χ1v) is 10.5. The van der Waals surface area contributed by atoms with E-state index in [1.54, 1.807) is 17.4 Å². The molecule has 1 aliphatic rings. The molecule has 0 spiro atoms. The Balaban J connectivity index is 1.49. The van der Waals surface area contributed by atoms with Gasteiger partial charge in [-0.25, -0.2) is 4.79 Å². The number of rotatable bonds is 8. The SMILES string of the molecule is O=c1oc(CCCCc2cccs2)cc(O)c1C(c1ccccc1)C1CC1. The predicted molar refractivity (Wildman–Crippen MR) is 109 cm³/mol. The molecule has 1 unspecified atom stereocenters. The van der Waals surface area contributed by atoms with Crippen LogP contribution in [0.15, 0.2) is 63.1 Å². The monoisotopic (exact) mass is 380 g/mol. The van der Waals surface area contributed by atoms with Crippen LogP contribution in [-0.2, 0) is 12.8 Å². The van der Waals surface area contributed by atoms with Crippen LogP contribution in [0, 0.1) is 5.92 Å². The van der Waals surface area contributed by atoms with Crippen LogP contribution in [-0.4, -0.2) is 5.11 Å². The van der Waals surface area contributed by atoms with Crippen LogP contribution in [0.4, 0.5) is 0 Å². The molecule has 1 aromatic carbocycles. The van der Waals surface area contributed by atoms with Gasteiger partial charge in [-0.2, -0.15) is 0 Å². The summed E-state index contributed by atoms with van der Waals surface area (Å²) in [5, 5.41) is 12.7. The van der Waals surface area contributed by atoms with Gasteiger partial charge in [0, 0.05) is 23.3 Å². The van der Waals surface area contributed by atoms with Crippen molar-refractivity contribution >= 4 is 11.3 Å². The Kier molecular flexibility index (Phi) is 5.44. The van der Waals surface area contributed by atoms with Crippen LogP contribution in [0.25, 0.3) is 0 Å². The molecule has 4 rings (SSSR count). The Morgan fingerprint density at radius 2 is 1.85 bits per heavy atom. The van der Waals surface area contributed by atoms with Crippen molar-refractivity contribution in [3.63, 3.8) is 0 Å². The average Bonchev–Trinajstić information content (AvgIpc) is 3.37. The number of aromatic hydroxyl groups is 1. The Morgan fingerprint density at radius 1 is 1.07 bits per heavy atom. The molecule has 1 aliphatic carbocycles. The van der Waals surface area contributed by atoms with Crippen molar-refractivity contribution in [3.8, 4) is 5.75 Å². The topological polar surface area (TPSA) is 50.4 Å². The smallest absolute Gasteiger partial charge is 0.343 e. The zero-order valence-electron chi connectivity index (χ0n) is 15.3. The van der Waals surface area contributed by atoms with Crippen LogP contribution in [0.5, 0.6) is 5.75 Å². The minimum atomic E-state index is -0.385. The summed E-state index contributed by atoms with van der Waals surface area (Å²) in [7, 11) is 0. The maximum absolute atomic E-state index is 12.7. The largest absolute Gasteiger partial charge is 0.507 e. The van der Waals surface area contributed by atoms with Crippen molar-refractivity contribution in [2.45, 2.75) is 44.4 Å². The minimum absolute atomic E-state index is 0.0738. The highest BCUT2D eigenvalue weighted by atomic mass is 32.1. The summed E-state index contributed by atoms with van der Waals surface area (Å²) in [6, 6.07) is 15.8. The van der Waals surface area contributed by atoms with Gasteiger partial charge in [0.05, 0.1) is 5.56 Å². The van der Waals surface area contributed by atoms with Crippen LogP contribution in [0.1, 0.15) is 53.4 Å². The van der Waals surface area contributed by atoms with Crippen molar-refractivity contribution in [2.75, 3.05) is 0 Å². The molecule has 3 nitrogen and oxygen atoms in total. The third-order valence-electron chi connectivity index (χ3n) is 5.26. The number of benzene rings is 1. The third kappa shape index (κ3) is 4.33. The highest BCUT2D eigenvalue weighted by molar-refractivity contribution is 7.09. The maximum Gasteiger partial charge on any atom is 0.343 e. The lowest BCUT2D eigenvalue weighted by atomic mass is 9.87. The van der Waals surface area contributed by atoms with Gasteiger partial charge in [-0.3, -0.25) is 0 Å².